The quantitative estimate of drug-likeness (QED) is 0.249. The van der Waals surface area contributed by atoms with Gasteiger partial charge in [0.15, 0.2) is 11.6 Å². The Balaban J connectivity index is 0.000000367. The van der Waals surface area contributed by atoms with Crippen molar-refractivity contribution in [2.75, 3.05) is 11.0 Å². The second-order valence-corrected chi connectivity index (χ2v) is 10.3. The number of rotatable bonds is 3. The molecule has 1 aromatic heterocycles. The van der Waals surface area contributed by atoms with Gasteiger partial charge in [0.25, 0.3) is 0 Å². The number of hydrogen-bond acceptors (Lipinski definition) is 6. The van der Waals surface area contributed by atoms with Gasteiger partial charge in [0.2, 0.25) is 10.0 Å². The van der Waals surface area contributed by atoms with Crippen LogP contribution < -0.4 is 10.5 Å². The molecule has 1 aliphatic rings. The number of carboxylic acid groups (broad SMARTS) is 2. The number of hydrogen-bond donors (Lipinski definition) is 4. The van der Waals surface area contributed by atoms with Crippen LogP contribution >= 0.6 is 0 Å². The predicted octanol–water partition coefficient (Wildman–Crippen LogP) is 3.76. The van der Waals surface area contributed by atoms with Crippen LogP contribution in [-0.2, 0) is 32.6 Å². The molecule has 1 aliphatic heterocycles. The van der Waals surface area contributed by atoms with E-state index in [2.05, 4.69) is 9.71 Å². The van der Waals surface area contributed by atoms with Gasteiger partial charge in [0.05, 0.1) is 23.0 Å². The average Bonchev–Trinajstić information content (AvgIpc) is 3.16. The van der Waals surface area contributed by atoms with E-state index in [0.29, 0.717) is 29.6 Å². The third-order valence-corrected chi connectivity index (χ3v) is 5.97. The van der Waals surface area contributed by atoms with E-state index in [4.69, 9.17) is 25.5 Å². The maximum atomic E-state index is 14.2. The molecule has 232 valence electrons. The summed E-state index contributed by atoms with van der Waals surface area (Å²) in [4.78, 5) is 22.3. The van der Waals surface area contributed by atoms with Crippen molar-refractivity contribution < 1.29 is 67.7 Å². The zero-order chi connectivity index (χ0) is 32.4. The number of anilines is 1. The van der Waals surface area contributed by atoms with Crippen molar-refractivity contribution in [3.8, 4) is 0 Å². The number of halogens is 9. The fraction of sp³-hybridized carbons (Fsp3) is 0.318. The van der Waals surface area contributed by atoms with Gasteiger partial charge in [-0.3, -0.25) is 4.72 Å². The van der Waals surface area contributed by atoms with Crippen LogP contribution in [0.3, 0.4) is 0 Å². The van der Waals surface area contributed by atoms with Crippen molar-refractivity contribution in [3.63, 3.8) is 0 Å². The van der Waals surface area contributed by atoms with Crippen LogP contribution in [0.5, 0.6) is 0 Å². The molecule has 0 saturated carbocycles. The van der Waals surface area contributed by atoms with Crippen molar-refractivity contribution in [3.05, 3.63) is 59.2 Å². The lowest BCUT2D eigenvalue weighted by Crippen LogP contribution is -2.39. The second-order valence-electron chi connectivity index (χ2n) is 8.58. The minimum absolute atomic E-state index is 0.0177. The van der Waals surface area contributed by atoms with Crippen LogP contribution in [0.25, 0.3) is 11.0 Å². The summed E-state index contributed by atoms with van der Waals surface area (Å²) >= 11 is 0. The highest BCUT2D eigenvalue weighted by atomic mass is 32.2. The van der Waals surface area contributed by atoms with Crippen molar-refractivity contribution in [1.29, 1.82) is 0 Å². The summed E-state index contributed by atoms with van der Waals surface area (Å²) in [5, 5.41) is 14.2. The molecule has 42 heavy (non-hydrogen) atoms. The minimum Gasteiger partial charge on any atom is -0.475 e. The Hall–Kier alpha value is -4.07. The Morgan fingerprint density at radius 2 is 1.45 bits per heavy atom. The monoisotopic (exact) mass is 638 g/mol. The first-order valence-electron chi connectivity index (χ1n) is 11.0. The molecule has 4 rings (SSSR count). The number of aromatic nitrogens is 2. The Kier molecular flexibility index (Phi) is 10.1. The molecule has 5 N–H and O–H groups in total. The van der Waals surface area contributed by atoms with Gasteiger partial charge in [-0.15, -0.1) is 0 Å². The van der Waals surface area contributed by atoms with E-state index in [0.717, 1.165) is 17.8 Å². The van der Waals surface area contributed by atoms with Gasteiger partial charge in [-0.1, -0.05) is 0 Å². The number of nitrogens with one attached hydrogen (secondary N) is 1. The number of aliphatic carboxylic acids is 2. The topological polar surface area (TPSA) is 165 Å². The molecule has 0 bridgehead atoms. The summed E-state index contributed by atoms with van der Waals surface area (Å²) in [7, 11) is -3.43. The molecule has 10 nitrogen and oxygen atoms in total. The number of fused-ring (bicyclic) bond motifs is 3. The Morgan fingerprint density at radius 1 is 0.952 bits per heavy atom. The van der Waals surface area contributed by atoms with Crippen LogP contribution in [0.1, 0.15) is 17.3 Å². The van der Waals surface area contributed by atoms with Crippen molar-refractivity contribution in [2.24, 2.45) is 5.73 Å². The van der Waals surface area contributed by atoms with Gasteiger partial charge < -0.3 is 20.5 Å². The number of carboxylic acids is 2. The van der Waals surface area contributed by atoms with Gasteiger partial charge in [-0.05, 0) is 29.8 Å². The summed E-state index contributed by atoms with van der Waals surface area (Å²) in [5.41, 5.74) is 7.93. The molecular weight excluding hydrogens is 619 g/mol. The van der Waals surface area contributed by atoms with Gasteiger partial charge in [0, 0.05) is 31.0 Å². The molecule has 3 aromatic rings. The molecule has 0 spiro atoms. The summed E-state index contributed by atoms with van der Waals surface area (Å²) in [6, 6.07) is 5.79. The number of carbonyl (C=O) groups is 2. The first kappa shape index (κ1) is 34.1. The normalized spacial score (nSPS) is 16.8. The highest BCUT2D eigenvalue weighted by Crippen LogP contribution is 2.34. The molecule has 0 radical (unpaired) electrons. The van der Waals surface area contributed by atoms with Gasteiger partial charge in [-0.25, -0.2) is 36.2 Å². The van der Waals surface area contributed by atoms with Crippen LogP contribution in [0.15, 0.2) is 30.3 Å². The molecule has 2 heterocycles. The molecule has 0 unspecified atom stereocenters. The fourth-order valence-corrected chi connectivity index (χ4v) is 4.22. The Morgan fingerprint density at radius 3 is 1.93 bits per heavy atom. The summed E-state index contributed by atoms with van der Waals surface area (Å²) in [5.74, 6) is -8.68. The number of benzene rings is 2. The number of nitrogens with zero attached hydrogens (tertiary/aromatic N) is 2. The van der Waals surface area contributed by atoms with Crippen LogP contribution in [-0.4, -0.2) is 64.8 Å². The molecular formula is C22H19F9N4O6S. The fourth-order valence-electron chi connectivity index (χ4n) is 3.67. The minimum atomic E-state index is -5.08. The van der Waals surface area contributed by atoms with Crippen molar-refractivity contribution in [2.45, 2.75) is 37.3 Å². The molecule has 2 aromatic carbocycles. The highest BCUT2D eigenvalue weighted by Gasteiger charge is 2.39. The molecule has 0 aliphatic carbocycles. The zero-order valence-corrected chi connectivity index (χ0v) is 21.6. The third kappa shape index (κ3) is 8.96. The molecule has 0 fully saturated rings. The molecule has 2 atom stereocenters. The first-order chi connectivity index (χ1) is 19.0. The second kappa shape index (κ2) is 12.4. The maximum absolute atomic E-state index is 14.2. The Labute approximate surface area is 229 Å². The standard InChI is InChI=1S/C18H17F3N4O2S.2C2HF3O2/c1-28(26,27)24-9-2-3-17-16(4-9)23-18-6-11(15(22)8-25(17)18)10-5-13(20)14(21)7-12(10)19;2*3-2(4,5)1(6)7/h2-5,7,11,15,24H,6,8,22H2,1H3;2*(H,6,7)/t11-,15+;;/m1../s1. The van der Waals surface area contributed by atoms with Gasteiger partial charge in [0.1, 0.15) is 11.6 Å². The van der Waals surface area contributed by atoms with E-state index < -0.39 is 63.7 Å². The smallest absolute Gasteiger partial charge is 0.475 e. The number of alkyl halides is 6. The summed E-state index contributed by atoms with van der Waals surface area (Å²) in [6.45, 7) is 0.313. The lowest BCUT2D eigenvalue weighted by Gasteiger charge is -2.30. The first-order valence-corrected chi connectivity index (χ1v) is 12.9. The summed E-state index contributed by atoms with van der Waals surface area (Å²) < 4.78 is 132. The predicted molar refractivity (Wildman–Crippen MR) is 126 cm³/mol. The van der Waals surface area contributed by atoms with Gasteiger partial charge >= 0.3 is 24.3 Å². The van der Waals surface area contributed by atoms with Crippen molar-refractivity contribution >= 4 is 38.7 Å². The van der Waals surface area contributed by atoms with E-state index in [1.165, 1.54) is 0 Å². The van der Waals surface area contributed by atoms with Crippen LogP contribution in [0.2, 0.25) is 0 Å². The maximum Gasteiger partial charge on any atom is 0.490 e. The lowest BCUT2D eigenvalue weighted by atomic mass is 9.86. The van der Waals surface area contributed by atoms with Gasteiger partial charge in [-0.2, -0.15) is 26.3 Å². The van der Waals surface area contributed by atoms with Crippen LogP contribution in [0.4, 0.5) is 45.2 Å². The Bertz CT molecular complexity index is 1570. The number of imidazole rings is 1. The van der Waals surface area contributed by atoms with E-state index >= 15 is 0 Å². The largest absolute Gasteiger partial charge is 0.490 e. The van der Waals surface area contributed by atoms with E-state index in [1.807, 2.05) is 4.57 Å². The average molecular weight is 638 g/mol. The third-order valence-electron chi connectivity index (χ3n) is 5.37. The van der Waals surface area contributed by atoms with E-state index in [-0.39, 0.29) is 12.0 Å². The number of sulfonamides is 1. The molecule has 0 saturated heterocycles. The SMILES string of the molecule is CS(=O)(=O)Nc1ccc2c(c1)nc1n2C[C@H](N)[C@@H](c2cc(F)c(F)cc2F)C1.O=C(O)C(F)(F)F.O=C(O)C(F)(F)F. The summed E-state index contributed by atoms with van der Waals surface area (Å²) in [6.07, 6.45) is -8.87. The molecule has 20 heteroatoms. The number of nitrogens with two attached hydrogens (primary N) is 1. The highest BCUT2D eigenvalue weighted by molar-refractivity contribution is 7.92. The van der Waals surface area contributed by atoms with Crippen molar-refractivity contribution in [1.82, 2.24) is 9.55 Å². The molecule has 0 amide bonds. The zero-order valence-electron chi connectivity index (χ0n) is 20.8. The van der Waals surface area contributed by atoms with E-state index in [9.17, 15) is 47.9 Å². The van der Waals surface area contributed by atoms with Crippen LogP contribution in [0, 0.1) is 17.5 Å². The lowest BCUT2D eigenvalue weighted by molar-refractivity contribution is -0.193. The van der Waals surface area contributed by atoms with E-state index in [1.54, 1.807) is 18.2 Å².